The maximum absolute atomic E-state index is 5.18. The second kappa shape index (κ2) is 3.70. The summed E-state index contributed by atoms with van der Waals surface area (Å²) in [5.41, 5.74) is 0. The lowest BCUT2D eigenvalue weighted by Crippen LogP contribution is -2.34. The molecular formula is C5H10INO2. The predicted octanol–water partition coefficient (Wildman–Crippen LogP) is 0.817. The standard InChI is InChI=1S/C5H10INO2/c6-4-2-1-3-8-5(4)9-7/h4-5H,1-3,7H2. The van der Waals surface area contributed by atoms with Crippen molar-refractivity contribution in [3.8, 4) is 0 Å². The van der Waals surface area contributed by atoms with Gasteiger partial charge in [-0.15, -0.1) is 0 Å². The van der Waals surface area contributed by atoms with Gasteiger partial charge in [0, 0.05) is 6.61 Å². The van der Waals surface area contributed by atoms with Gasteiger partial charge in [-0.1, -0.05) is 22.6 Å². The Morgan fingerprint density at radius 3 is 2.89 bits per heavy atom. The van der Waals surface area contributed by atoms with Crippen LogP contribution in [0.4, 0.5) is 0 Å². The van der Waals surface area contributed by atoms with Crippen LogP contribution in [0.15, 0.2) is 0 Å². The molecule has 1 heterocycles. The molecule has 0 bridgehead atoms. The van der Waals surface area contributed by atoms with Crippen molar-refractivity contribution in [1.29, 1.82) is 0 Å². The van der Waals surface area contributed by atoms with Crippen LogP contribution in [0.5, 0.6) is 0 Å². The Balaban J connectivity index is 2.30. The van der Waals surface area contributed by atoms with Crippen LogP contribution >= 0.6 is 22.6 Å². The molecule has 1 aliphatic heterocycles. The van der Waals surface area contributed by atoms with Gasteiger partial charge in [-0.2, -0.15) is 0 Å². The van der Waals surface area contributed by atoms with Crippen LogP contribution in [-0.2, 0) is 9.57 Å². The largest absolute Gasteiger partial charge is 0.350 e. The number of rotatable bonds is 1. The predicted molar refractivity (Wildman–Crippen MR) is 42.1 cm³/mol. The van der Waals surface area contributed by atoms with Gasteiger partial charge in [0.05, 0.1) is 3.92 Å². The summed E-state index contributed by atoms with van der Waals surface area (Å²) in [6.45, 7) is 0.779. The molecule has 3 nitrogen and oxygen atoms in total. The van der Waals surface area contributed by atoms with Gasteiger partial charge < -0.3 is 4.74 Å². The second-order valence-electron chi connectivity index (χ2n) is 2.03. The van der Waals surface area contributed by atoms with Crippen molar-refractivity contribution in [3.63, 3.8) is 0 Å². The first-order chi connectivity index (χ1) is 4.34. The smallest absolute Gasteiger partial charge is 0.188 e. The van der Waals surface area contributed by atoms with Crippen LogP contribution < -0.4 is 5.90 Å². The maximum atomic E-state index is 5.18. The quantitative estimate of drug-likeness (QED) is 0.421. The molecule has 54 valence electrons. The minimum atomic E-state index is -0.181. The van der Waals surface area contributed by atoms with Gasteiger partial charge >= 0.3 is 0 Å². The summed E-state index contributed by atoms with van der Waals surface area (Å²) in [7, 11) is 0. The average molecular weight is 243 g/mol. The van der Waals surface area contributed by atoms with E-state index in [4.69, 9.17) is 10.6 Å². The van der Waals surface area contributed by atoms with Crippen molar-refractivity contribution in [1.82, 2.24) is 0 Å². The van der Waals surface area contributed by atoms with E-state index in [1.165, 1.54) is 0 Å². The average Bonchev–Trinajstić information content (AvgIpc) is 1.89. The molecule has 1 aliphatic rings. The molecule has 0 aromatic heterocycles. The number of hydrogen-bond acceptors (Lipinski definition) is 3. The Kier molecular flexibility index (Phi) is 3.17. The summed E-state index contributed by atoms with van der Waals surface area (Å²) in [5.74, 6) is 4.96. The molecule has 1 rings (SSSR count). The fraction of sp³-hybridized carbons (Fsp3) is 1.00. The van der Waals surface area contributed by atoms with Crippen molar-refractivity contribution >= 4 is 22.6 Å². The fourth-order valence-electron chi connectivity index (χ4n) is 0.843. The van der Waals surface area contributed by atoms with Gasteiger partial charge in [-0.25, -0.2) is 5.90 Å². The summed E-state index contributed by atoms with van der Waals surface area (Å²) >= 11 is 2.29. The first-order valence-corrected chi connectivity index (χ1v) is 4.20. The highest BCUT2D eigenvalue weighted by Crippen LogP contribution is 2.20. The molecule has 9 heavy (non-hydrogen) atoms. The van der Waals surface area contributed by atoms with E-state index >= 15 is 0 Å². The first kappa shape index (κ1) is 7.71. The van der Waals surface area contributed by atoms with Gasteiger partial charge in [0.25, 0.3) is 0 Å². The van der Waals surface area contributed by atoms with Crippen LogP contribution in [0, 0.1) is 0 Å². The molecule has 2 N–H and O–H groups in total. The summed E-state index contributed by atoms with van der Waals surface area (Å²) < 4.78 is 5.60. The Morgan fingerprint density at radius 1 is 1.67 bits per heavy atom. The fourth-order valence-corrected chi connectivity index (χ4v) is 1.66. The SMILES string of the molecule is NOC1OCCCC1I. The third kappa shape index (κ3) is 2.03. The molecule has 2 atom stereocenters. The third-order valence-electron chi connectivity index (χ3n) is 1.34. The molecule has 0 spiro atoms. The molecule has 0 radical (unpaired) electrons. The number of halogens is 1. The van der Waals surface area contributed by atoms with Crippen molar-refractivity contribution < 1.29 is 9.57 Å². The van der Waals surface area contributed by atoms with Gasteiger partial charge in [0.15, 0.2) is 6.29 Å². The minimum absolute atomic E-state index is 0.181. The summed E-state index contributed by atoms with van der Waals surface area (Å²) in [4.78, 5) is 4.57. The van der Waals surface area contributed by atoms with Crippen LogP contribution in [-0.4, -0.2) is 16.8 Å². The van der Waals surface area contributed by atoms with E-state index < -0.39 is 0 Å². The molecule has 1 saturated heterocycles. The van der Waals surface area contributed by atoms with Crippen LogP contribution in [0.3, 0.4) is 0 Å². The van der Waals surface area contributed by atoms with E-state index in [0.29, 0.717) is 3.92 Å². The zero-order valence-corrected chi connectivity index (χ0v) is 7.21. The third-order valence-corrected chi connectivity index (χ3v) is 2.55. The van der Waals surface area contributed by atoms with Crippen molar-refractivity contribution in [2.75, 3.05) is 6.61 Å². The van der Waals surface area contributed by atoms with E-state index in [-0.39, 0.29) is 6.29 Å². The topological polar surface area (TPSA) is 44.5 Å². The minimum Gasteiger partial charge on any atom is -0.350 e. The zero-order chi connectivity index (χ0) is 6.69. The Morgan fingerprint density at radius 2 is 2.44 bits per heavy atom. The van der Waals surface area contributed by atoms with Crippen LogP contribution in [0.2, 0.25) is 0 Å². The highest BCUT2D eigenvalue weighted by Gasteiger charge is 2.22. The van der Waals surface area contributed by atoms with E-state index in [9.17, 15) is 0 Å². The second-order valence-corrected chi connectivity index (χ2v) is 3.63. The molecule has 4 heteroatoms. The molecule has 0 amide bonds. The zero-order valence-electron chi connectivity index (χ0n) is 5.05. The Hall–Kier alpha value is 0.610. The lowest BCUT2D eigenvalue weighted by Gasteiger charge is -2.25. The van der Waals surface area contributed by atoms with E-state index in [1.54, 1.807) is 0 Å². The highest BCUT2D eigenvalue weighted by atomic mass is 127. The summed E-state index contributed by atoms with van der Waals surface area (Å²) in [6.07, 6.45) is 2.08. The lowest BCUT2D eigenvalue weighted by atomic mass is 10.2. The van der Waals surface area contributed by atoms with Gasteiger partial charge in [0.1, 0.15) is 0 Å². The number of alkyl halides is 1. The number of nitrogens with two attached hydrogens (primary N) is 1. The molecule has 0 saturated carbocycles. The summed E-state index contributed by atoms with van der Waals surface area (Å²) in [5, 5.41) is 0. The molecular weight excluding hydrogens is 233 g/mol. The monoisotopic (exact) mass is 243 g/mol. The lowest BCUT2D eigenvalue weighted by molar-refractivity contribution is -0.157. The molecule has 2 unspecified atom stereocenters. The number of hydrogen-bond donors (Lipinski definition) is 1. The van der Waals surface area contributed by atoms with Crippen molar-refractivity contribution in [2.45, 2.75) is 23.1 Å². The van der Waals surface area contributed by atoms with Gasteiger partial charge in [-0.3, -0.25) is 4.84 Å². The van der Waals surface area contributed by atoms with E-state index in [2.05, 4.69) is 27.4 Å². The maximum Gasteiger partial charge on any atom is 0.188 e. The molecule has 0 aliphatic carbocycles. The summed E-state index contributed by atoms with van der Waals surface area (Å²) in [6, 6.07) is 0. The normalized spacial score (nSPS) is 36.7. The van der Waals surface area contributed by atoms with Crippen LogP contribution in [0.25, 0.3) is 0 Å². The van der Waals surface area contributed by atoms with Gasteiger partial charge in [0.2, 0.25) is 0 Å². The van der Waals surface area contributed by atoms with E-state index in [0.717, 1.165) is 19.4 Å². The van der Waals surface area contributed by atoms with Crippen molar-refractivity contribution in [3.05, 3.63) is 0 Å². The van der Waals surface area contributed by atoms with Crippen LogP contribution in [0.1, 0.15) is 12.8 Å². The first-order valence-electron chi connectivity index (χ1n) is 2.96. The molecule has 1 fully saturated rings. The number of ether oxygens (including phenoxy) is 1. The van der Waals surface area contributed by atoms with Crippen molar-refractivity contribution in [2.24, 2.45) is 5.90 Å². The highest BCUT2D eigenvalue weighted by molar-refractivity contribution is 14.1. The molecule has 0 aromatic carbocycles. The Bertz CT molecular complexity index is 91.0. The molecule has 0 aromatic rings. The van der Waals surface area contributed by atoms with Gasteiger partial charge in [-0.05, 0) is 12.8 Å². The van der Waals surface area contributed by atoms with E-state index in [1.807, 2.05) is 0 Å². The Labute approximate surface area is 68.0 Å².